The number of ether oxygens (including phenoxy) is 2. The standard InChI is InChI=1S/C59H80N10O6/c1-8-68-50-17-14-41-29-44(50)46(53(68)45-30-43(32-61-51(45)38(4)74-7)65-25-23-64(24-26-65)42-15-16-42)31-58(5,6)36-75-57(73)47-13-10-20-69(63-47)56(72)48(28-39-11-9-12-40(41)27-39)62-54(70)52(37(2)3)66-21-18-59(34-66)19-22-67(35-59)55(71)49-33-60-49/h9,11-12,14,17,27,29-30,32,37-38,42,47-49,52,60,63H,8,10,13,15-16,18-26,28,31,33-36H2,1-7H3,(H,62,70)/t38-,47-,48-,49+,52?,59-/m0/s1. The van der Waals surface area contributed by atoms with Crippen molar-refractivity contribution in [1.29, 1.82) is 0 Å². The average molecular weight is 1030 g/mol. The number of benzene rings is 2. The molecule has 7 aliphatic rings. The number of cyclic esters (lactones) is 1. The molecule has 6 atom stereocenters. The number of nitrogens with zero attached hydrogens (tertiary/aromatic N) is 7. The van der Waals surface area contributed by atoms with Gasteiger partial charge in [-0.1, -0.05) is 58.0 Å². The molecule has 8 heterocycles. The fraction of sp³-hybridized carbons (Fsp3) is 0.610. The summed E-state index contributed by atoms with van der Waals surface area (Å²) in [6.07, 6.45) is 8.21. The van der Waals surface area contributed by atoms with Crippen molar-refractivity contribution in [2.45, 2.75) is 136 Å². The van der Waals surface area contributed by atoms with Gasteiger partial charge in [0.1, 0.15) is 12.1 Å². The van der Waals surface area contributed by atoms with E-state index in [9.17, 15) is 19.2 Å². The molecule has 3 amide bonds. The topological polar surface area (TPSA) is 167 Å². The number of esters is 1. The fourth-order valence-corrected chi connectivity index (χ4v) is 13.2. The molecule has 1 saturated carbocycles. The van der Waals surface area contributed by atoms with Crippen LogP contribution in [0.5, 0.6) is 0 Å². The van der Waals surface area contributed by atoms with Gasteiger partial charge in [-0.15, -0.1) is 0 Å². The Balaban J connectivity index is 0.948. The number of hydrazine groups is 1. The summed E-state index contributed by atoms with van der Waals surface area (Å²) in [6.45, 7) is 21.7. The van der Waals surface area contributed by atoms with Gasteiger partial charge in [-0.25, -0.2) is 5.43 Å². The molecule has 5 saturated heterocycles. The second-order valence-electron chi connectivity index (χ2n) is 24.2. The van der Waals surface area contributed by atoms with E-state index >= 15 is 0 Å². The number of fused-ring (bicyclic) bond motifs is 6. The Bertz CT molecular complexity index is 2810. The van der Waals surface area contributed by atoms with Crippen LogP contribution in [0, 0.1) is 16.7 Å². The quantitative estimate of drug-likeness (QED) is 0.120. The van der Waals surface area contributed by atoms with Gasteiger partial charge in [-0.3, -0.25) is 39.0 Å². The van der Waals surface area contributed by atoms with Gasteiger partial charge in [-0.05, 0) is 112 Å². The molecule has 6 aliphatic heterocycles. The Labute approximate surface area is 443 Å². The van der Waals surface area contributed by atoms with Gasteiger partial charge in [0.15, 0.2) is 0 Å². The summed E-state index contributed by atoms with van der Waals surface area (Å²) < 4.78 is 14.8. The number of amides is 3. The molecule has 1 spiro atoms. The van der Waals surface area contributed by atoms with Gasteiger partial charge in [0.25, 0.3) is 5.91 Å². The number of likely N-dealkylation sites (tertiary alicyclic amines) is 2. The molecule has 4 aromatic rings. The Kier molecular flexibility index (Phi) is 14.4. The van der Waals surface area contributed by atoms with Crippen LogP contribution in [0.25, 0.3) is 33.3 Å². The number of hydrogen-bond acceptors (Lipinski definition) is 12. The number of methoxy groups -OCH3 is 1. The van der Waals surface area contributed by atoms with E-state index in [-0.39, 0.29) is 54.2 Å². The molecule has 3 N–H and O–H groups in total. The summed E-state index contributed by atoms with van der Waals surface area (Å²) >= 11 is 0. The SMILES string of the molecule is CCn1c(-c2cc(N3CCN(C4CC4)CC3)cnc2[C@H](C)OC)c2c3cc(ccc31)-c1cccc(c1)C[C@H](NC(=O)C(C(C)C)N1CC[C@]3(CCN(C(=O)[C@H]4CN4)C3)C1)C(=O)N1CCC[C@H](N1)C(=O)OCC(C)(C)C2. The number of pyridine rings is 1. The molecule has 2 aromatic heterocycles. The molecule has 0 radical (unpaired) electrons. The predicted molar refractivity (Wildman–Crippen MR) is 291 cm³/mol. The molecule has 6 fully saturated rings. The van der Waals surface area contributed by atoms with Crippen molar-refractivity contribution < 1.29 is 28.7 Å². The lowest BCUT2D eigenvalue weighted by molar-refractivity contribution is -0.155. The third-order valence-electron chi connectivity index (χ3n) is 17.7. The van der Waals surface area contributed by atoms with Crippen molar-refractivity contribution in [2.24, 2.45) is 16.7 Å². The van der Waals surface area contributed by atoms with E-state index < -0.39 is 29.5 Å². The zero-order valence-electron chi connectivity index (χ0n) is 45.5. The Hall–Kier alpha value is -5.39. The summed E-state index contributed by atoms with van der Waals surface area (Å²) in [5.41, 5.74) is 12.1. The lowest BCUT2D eigenvalue weighted by Crippen LogP contribution is -2.62. The second kappa shape index (κ2) is 20.9. The average Bonchev–Trinajstić information content (AvgIpc) is 4.36. The highest BCUT2D eigenvalue weighted by molar-refractivity contribution is 5.96. The van der Waals surface area contributed by atoms with Gasteiger partial charge in [-0.2, -0.15) is 0 Å². The highest BCUT2D eigenvalue weighted by Gasteiger charge is 2.49. The zero-order valence-corrected chi connectivity index (χ0v) is 45.5. The van der Waals surface area contributed by atoms with Crippen LogP contribution in [0.3, 0.4) is 0 Å². The molecule has 75 heavy (non-hydrogen) atoms. The van der Waals surface area contributed by atoms with Crippen LogP contribution in [0.2, 0.25) is 0 Å². The smallest absolute Gasteiger partial charge is 0.324 e. The number of anilines is 1. The van der Waals surface area contributed by atoms with Gasteiger partial charge in [0.2, 0.25) is 11.8 Å². The van der Waals surface area contributed by atoms with E-state index in [1.165, 1.54) is 18.4 Å². The van der Waals surface area contributed by atoms with Crippen LogP contribution in [-0.2, 0) is 48.0 Å². The number of piperazine rings is 1. The molecule has 402 valence electrons. The van der Waals surface area contributed by atoms with Crippen molar-refractivity contribution in [3.8, 4) is 22.4 Å². The first-order valence-corrected chi connectivity index (χ1v) is 28.2. The normalized spacial score (nSPS) is 26.5. The van der Waals surface area contributed by atoms with Gasteiger partial charge >= 0.3 is 5.97 Å². The first kappa shape index (κ1) is 51.7. The van der Waals surface area contributed by atoms with Gasteiger partial charge < -0.3 is 34.5 Å². The van der Waals surface area contributed by atoms with E-state index in [4.69, 9.17) is 14.5 Å². The summed E-state index contributed by atoms with van der Waals surface area (Å²) in [6, 6.07) is 16.0. The Morgan fingerprint density at radius 1 is 0.933 bits per heavy atom. The van der Waals surface area contributed by atoms with Crippen LogP contribution in [0.1, 0.15) is 103 Å². The number of rotatable bonds is 11. The number of aryl methyl sites for hydroxylation is 1. The van der Waals surface area contributed by atoms with Crippen molar-refractivity contribution in [2.75, 3.05) is 84.1 Å². The van der Waals surface area contributed by atoms with E-state index in [1.54, 1.807) is 12.1 Å². The maximum Gasteiger partial charge on any atom is 0.324 e. The largest absolute Gasteiger partial charge is 0.464 e. The van der Waals surface area contributed by atoms with Crippen LogP contribution >= 0.6 is 0 Å². The lowest BCUT2D eigenvalue weighted by atomic mass is 9.84. The lowest BCUT2D eigenvalue weighted by Gasteiger charge is -2.37. The highest BCUT2D eigenvalue weighted by Crippen LogP contribution is 2.44. The third kappa shape index (κ3) is 10.6. The fourth-order valence-electron chi connectivity index (χ4n) is 13.2. The second-order valence-corrected chi connectivity index (χ2v) is 24.2. The summed E-state index contributed by atoms with van der Waals surface area (Å²) in [5, 5.41) is 9.12. The molecule has 16 heteroatoms. The summed E-state index contributed by atoms with van der Waals surface area (Å²) in [7, 11) is 1.74. The molecule has 11 rings (SSSR count). The van der Waals surface area contributed by atoms with Crippen molar-refractivity contribution in [1.82, 2.24) is 45.3 Å². The van der Waals surface area contributed by atoms with E-state index in [0.717, 1.165) is 128 Å². The molecular formula is C59H80N10O6. The molecule has 1 aliphatic carbocycles. The number of carbonyl (C=O) groups is 4. The zero-order chi connectivity index (χ0) is 52.3. The van der Waals surface area contributed by atoms with Gasteiger partial charge in [0.05, 0.1) is 48.1 Å². The van der Waals surface area contributed by atoms with Crippen molar-refractivity contribution in [3.05, 3.63) is 71.5 Å². The van der Waals surface area contributed by atoms with Crippen molar-refractivity contribution in [3.63, 3.8) is 0 Å². The summed E-state index contributed by atoms with van der Waals surface area (Å²) in [4.78, 5) is 71.7. The van der Waals surface area contributed by atoms with E-state index in [0.29, 0.717) is 32.4 Å². The van der Waals surface area contributed by atoms with Gasteiger partial charge in [0, 0.05) is 112 Å². The van der Waals surface area contributed by atoms with E-state index in [2.05, 4.69) is 113 Å². The number of carbonyl (C=O) groups excluding carboxylic acids is 4. The van der Waals surface area contributed by atoms with Crippen LogP contribution < -0.4 is 21.0 Å². The minimum absolute atomic E-state index is 0.0325. The monoisotopic (exact) mass is 1020 g/mol. The first-order chi connectivity index (χ1) is 36.1. The maximum atomic E-state index is 14.9. The number of aromatic nitrogens is 2. The molecular weight excluding hydrogens is 945 g/mol. The molecule has 6 bridgehead atoms. The maximum absolute atomic E-state index is 14.9. The van der Waals surface area contributed by atoms with Crippen LogP contribution in [0.4, 0.5) is 5.69 Å². The Morgan fingerprint density at radius 3 is 2.44 bits per heavy atom. The number of nitrogens with one attached hydrogen (secondary N) is 3. The van der Waals surface area contributed by atoms with Crippen LogP contribution in [0.15, 0.2) is 54.7 Å². The van der Waals surface area contributed by atoms with Crippen LogP contribution in [-0.4, -0.2) is 162 Å². The predicted octanol–water partition coefficient (Wildman–Crippen LogP) is 5.95. The summed E-state index contributed by atoms with van der Waals surface area (Å²) in [5.74, 6) is -0.711. The molecule has 2 aromatic carbocycles. The highest BCUT2D eigenvalue weighted by atomic mass is 16.5. The Morgan fingerprint density at radius 2 is 1.71 bits per heavy atom. The third-order valence-corrected chi connectivity index (χ3v) is 17.7. The molecule has 16 nitrogen and oxygen atoms in total. The van der Waals surface area contributed by atoms with Crippen molar-refractivity contribution >= 4 is 40.3 Å². The number of hydrogen-bond donors (Lipinski definition) is 3. The molecule has 1 unspecified atom stereocenters. The minimum atomic E-state index is -0.915. The van der Waals surface area contributed by atoms with E-state index in [1.807, 2.05) is 23.2 Å². The minimum Gasteiger partial charge on any atom is -0.464 e. The first-order valence-electron chi connectivity index (χ1n) is 28.2.